The predicted octanol–water partition coefficient (Wildman–Crippen LogP) is 2.91. The summed E-state index contributed by atoms with van der Waals surface area (Å²) in [5.41, 5.74) is 3.42. The van der Waals surface area contributed by atoms with Crippen LogP contribution in [0.4, 0.5) is 5.69 Å². The molecule has 122 valence electrons. The van der Waals surface area contributed by atoms with E-state index in [4.69, 9.17) is 4.52 Å². The molecule has 7 nitrogen and oxygen atoms in total. The second-order valence-electron chi connectivity index (χ2n) is 6.09. The number of carbonyl (C=O) groups is 1. The van der Waals surface area contributed by atoms with Crippen molar-refractivity contribution in [2.45, 2.75) is 25.7 Å². The minimum atomic E-state index is -0.299. The first-order valence-corrected chi connectivity index (χ1v) is 7.85. The van der Waals surface area contributed by atoms with E-state index in [1.165, 1.54) is 0 Å². The van der Waals surface area contributed by atoms with Crippen molar-refractivity contribution >= 4 is 11.6 Å². The zero-order chi connectivity index (χ0) is 16.7. The van der Waals surface area contributed by atoms with E-state index in [0.717, 1.165) is 35.5 Å². The first-order valence-electron chi connectivity index (χ1n) is 7.85. The van der Waals surface area contributed by atoms with E-state index in [9.17, 15) is 4.79 Å². The van der Waals surface area contributed by atoms with E-state index in [1.54, 1.807) is 12.4 Å². The number of anilines is 1. The summed E-state index contributed by atoms with van der Waals surface area (Å²) in [5.74, 6) is 1.14. The van der Waals surface area contributed by atoms with Crippen molar-refractivity contribution in [1.29, 1.82) is 0 Å². The second-order valence-corrected chi connectivity index (χ2v) is 6.09. The molecule has 1 aliphatic rings. The maximum absolute atomic E-state index is 12.4. The number of benzene rings is 1. The van der Waals surface area contributed by atoms with Crippen LogP contribution in [-0.2, 0) is 7.05 Å². The molecule has 24 heavy (non-hydrogen) atoms. The molecule has 1 amide bonds. The summed E-state index contributed by atoms with van der Waals surface area (Å²) in [6.07, 6.45) is 3.88. The Balaban J connectivity index is 1.60. The van der Waals surface area contributed by atoms with E-state index in [0.29, 0.717) is 11.6 Å². The summed E-state index contributed by atoms with van der Waals surface area (Å²) < 4.78 is 7.01. The van der Waals surface area contributed by atoms with Crippen molar-refractivity contribution < 1.29 is 9.32 Å². The van der Waals surface area contributed by atoms with Crippen LogP contribution >= 0.6 is 0 Å². The Kier molecular flexibility index (Phi) is 3.41. The fourth-order valence-corrected chi connectivity index (χ4v) is 2.69. The third-order valence-electron chi connectivity index (χ3n) is 4.28. The fraction of sp³-hybridized carbons (Fsp3) is 0.294. The Morgan fingerprint density at radius 3 is 2.92 bits per heavy atom. The highest BCUT2D eigenvalue weighted by molar-refractivity contribution is 6.03. The summed E-state index contributed by atoms with van der Waals surface area (Å²) in [4.78, 5) is 12.4. The van der Waals surface area contributed by atoms with Crippen LogP contribution in [0.3, 0.4) is 0 Å². The Bertz CT molecular complexity index is 907. The van der Waals surface area contributed by atoms with E-state index in [1.807, 2.05) is 36.7 Å². The molecule has 0 bridgehead atoms. The molecule has 3 aromatic rings. The molecule has 1 fully saturated rings. The van der Waals surface area contributed by atoms with Gasteiger partial charge in [-0.15, -0.1) is 10.2 Å². The van der Waals surface area contributed by atoms with Crippen molar-refractivity contribution in [3.8, 4) is 11.4 Å². The van der Waals surface area contributed by atoms with Crippen molar-refractivity contribution in [3.63, 3.8) is 0 Å². The van der Waals surface area contributed by atoms with Gasteiger partial charge in [-0.1, -0.05) is 17.3 Å². The lowest BCUT2D eigenvalue weighted by Crippen LogP contribution is -2.12. The summed E-state index contributed by atoms with van der Waals surface area (Å²) in [7, 11) is 1.88. The number of hydrogen-bond acceptors (Lipinski definition) is 5. The summed E-state index contributed by atoms with van der Waals surface area (Å²) in [6, 6.07) is 7.41. The average Bonchev–Trinajstić information content (AvgIpc) is 3.14. The molecule has 0 unspecified atom stereocenters. The van der Waals surface area contributed by atoms with Crippen molar-refractivity contribution in [3.05, 3.63) is 47.6 Å². The monoisotopic (exact) mass is 323 g/mol. The number of aromatic nitrogens is 4. The number of amides is 1. The highest BCUT2D eigenvalue weighted by atomic mass is 16.5. The lowest BCUT2D eigenvalue weighted by atomic mass is 10.1. The lowest BCUT2D eigenvalue weighted by molar-refractivity contribution is 0.0987. The lowest BCUT2D eigenvalue weighted by Gasteiger charge is -2.11. The number of rotatable bonds is 4. The zero-order valence-electron chi connectivity index (χ0n) is 13.5. The highest BCUT2D eigenvalue weighted by Crippen LogP contribution is 2.39. The zero-order valence-corrected chi connectivity index (χ0v) is 13.5. The average molecular weight is 323 g/mol. The number of aryl methyl sites for hydroxylation is 1. The van der Waals surface area contributed by atoms with Gasteiger partial charge in [0.2, 0.25) is 5.76 Å². The van der Waals surface area contributed by atoms with Gasteiger partial charge in [0, 0.05) is 30.3 Å². The quantitative estimate of drug-likeness (QED) is 0.798. The molecule has 0 saturated heterocycles. The third-order valence-corrected chi connectivity index (χ3v) is 4.28. The first-order chi connectivity index (χ1) is 11.6. The maximum Gasteiger partial charge on any atom is 0.294 e. The van der Waals surface area contributed by atoms with Gasteiger partial charge in [0.05, 0.1) is 5.69 Å². The molecule has 0 radical (unpaired) electrons. The molecule has 7 heteroatoms. The molecule has 1 saturated carbocycles. The molecule has 2 aromatic heterocycles. The Labute approximate surface area is 138 Å². The standard InChI is InChI=1S/C17H17N5O2/c1-10-12(16-20-18-9-22(16)2)4-3-5-13(10)19-17(23)15-8-14(21-24-15)11-6-7-11/h3-5,8-9,11H,6-7H2,1-2H3,(H,19,23). The smallest absolute Gasteiger partial charge is 0.294 e. The van der Waals surface area contributed by atoms with Gasteiger partial charge < -0.3 is 14.4 Å². The van der Waals surface area contributed by atoms with Crippen LogP contribution in [0.25, 0.3) is 11.4 Å². The molecule has 0 atom stereocenters. The molecular weight excluding hydrogens is 306 g/mol. The van der Waals surface area contributed by atoms with Gasteiger partial charge in [0.15, 0.2) is 5.82 Å². The third kappa shape index (κ3) is 2.58. The van der Waals surface area contributed by atoms with Gasteiger partial charge in [0.25, 0.3) is 5.91 Å². The van der Waals surface area contributed by atoms with Crippen LogP contribution < -0.4 is 5.32 Å². The molecule has 1 aromatic carbocycles. The summed E-state index contributed by atoms with van der Waals surface area (Å²) >= 11 is 0. The molecule has 4 rings (SSSR count). The SMILES string of the molecule is Cc1c(NC(=O)c2cc(C3CC3)no2)cccc1-c1nncn1C. The molecule has 2 heterocycles. The van der Waals surface area contributed by atoms with Crippen LogP contribution in [0.1, 0.15) is 40.6 Å². The van der Waals surface area contributed by atoms with Crippen LogP contribution in [0.15, 0.2) is 35.1 Å². The van der Waals surface area contributed by atoms with E-state index >= 15 is 0 Å². The topological polar surface area (TPSA) is 85.8 Å². The van der Waals surface area contributed by atoms with Crippen LogP contribution in [0.2, 0.25) is 0 Å². The van der Waals surface area contributed by atoms with Crippen molar-refractivity contribution in [1.82, 2.24) is 19.9 Å². The first kappa shape index (κ1) is 14.6. The molecule has 0 spiro atoms. The largest absolute Gasteiger partial charge is 0.351 e. The number of nitrogens with one attached hydrogen (secondary N) is 1. The van der Waals surface area contributed by atoms with E-state index in [2.05, 4.69) is 20.7 Å². The second kappa shape index (κ2) is 5.59. The van der Waals surface area contributed by atoms with Crippen LogP contribution in [-0.4, -0.2) is 25.8 Å². The van der Waals surface area contributed by atoms with E-state index < -0.39 is 0 Å². The minimum Gasteiger partial charge on any atom is -0.351 e. The number of hydrogen-bond donors (Lipinski definition) is 1. The maximum atomic E-state index is 12.4. The van der Waals surface area contributed by atoms with Gasteiger partial charge >= 0.3 is 0 Å². The molecule has 0 aliphatic heterocycles. The minimum absolute atomic E-state index is 0.236. The van der Waals surface area contributed by atoms with Gasteiger partial charge in [-0.3, -0.25) is 4.79 Å². The van der Waals surface area contributed by atoms with Crippen LogP contribution in [0, 0.1) is 6.92 Å². The van der Waals surface area contributed by atoms with Crippen molar-refractivity contribution in [2.24, 2.45) is 7.05 Å². The summed E-state index contributed by atoms with van der Waals surface area (Å²) in [6.45, 7) is 1.94. The Morgan fingerprint density at radius 2 is 2.21 bits per heavy atom. The van der Waals surface area contributed by atoms with Gasteiger partial charge in [-0.2, -0.15) is 0 Å². The Hall–Kier alpha value is -2.96. The molecule has 1 N–H and O–H groups in total. The number of carbonyl (C=O) groups excluding carboxylic acids is 1. The Morgan fingerprint density at radius 1 is 1.38 bits per heavy atom. The molecule has 1 aliphatic carbocycles. The summed E-state index contributed by atoms with van der Waals surface area (Å²) in [5, 5.41) is 14.9. The van der Waals surface area contributed by atoms with Crippen LogP contribution in [0.5, 0.6) is 0 Å². The van der Waals surface area contributed by atoms with Crippen molar-refractivity contribution in [2.75, 3.05) is 5.32 Å². The fourth-order valence-electron chi connectivity index (χ4n) is 2.69. The van der Waals surface area contributed by atoms with Gasteiger partial charge in [-0.05, 0) is 31.4 Å². The van der Waals surface area contributed by atoms with Gasteiger partial charge in [-0.25, -0.2) is 0 Å². The predicted molar refractivity (Wildman–Crippen MR) is 87.6 cm³/mol. The highest BCUT2D eigenvalue weighted by Gasteiger charge is 2.28. The van der Waals surface area contributed by atoms with Gasteiger partial charge in [0.1, 0.15) is 6.33 Å². The molecular formula is C17H17N5O2. The van der Waals surface area contributed by atoms with E-state index in [-0.39, 0.29) is 11.7 Å². The number of nitrogens with zero attached hydrogens (tertiary/aromatic N) is 4. The normalized spacial score (nSPS) is 13.9.